The van der Waals surface area contributed by atoms with E-state index in [9.17, 15) is 13.2 Å². The molecule has 0 unspecified atom stereocenters. The Balaban J connectivity index is 3.63. The Morgan fingerprint density at radius 2 is 1.94 bits per heavy atom. The lowest BCUT2D eigenvalue weighted by molar-refractivity contribution is 0.102. The number of nitrogens with zero attached hydrogens (tertiary/aromatic N) is 1. The molecular weight excluding hydrogens is 260 g/mol. The highest BCUT2D eigenvalue weighted by Gasteiger charge is 2.28. The average molecular weight is 276 g/mol. The molecule has 0 bridgehead atoms. The first kappa shape index (κ1) is 14.0. The number of Topliss-reactive ketones (excluding diaryl/α,β-unsaturated/α-hetero) is 1. The lowest BCUT2D eigenvalue weighted by Crippen LogP contribution is -2.14. The molecule has 0 fully saturated rings. The number of ketones is 1. The molecule has 0 amide bonds. The van der Waals surface area contributed by atoms with Crippen molar-refractivity contribution in [3.05, 3.63) is 4.88 Å². The van der Waals surface area contributed by atoms with E-state index in [0.29, 0.717) is 9.88 Å². The maximum Gasteiger partial charge on any atom is 0.183 e. The summed E-state index contributed by atoms with van der Waals surface area (Å²) in [5.41, 5.74) is 5.87. The molecule has 1 rings (SSSR count). The number of thiophene rings is 1. The van der Waals surface area contributed by atoms with Crippen LogP contribution >= 0.6 is 11.3 Å². The molecule has 1 aromatic rings. The summed E-state index contributed by atoms with van der Waals surface area (Å²) < 4.78 is 23.9. The molecule has 0 radical (unpaired) electrons. The summed E-state index contributed by atoms with van der Waals surface area (Å²) in [5, 5.41) is 0.509. The minimum Gasteiger partial charge on any atom is -0.396 e. The number of carbonyl (C=O) groups excluding carboxylic acids is 1. The van der Waals surface area contributed by atoms with Gasteiger partial charge in [0.15, 0.2) is 15.6 Å². The van der Waals surface area contributed by atoms with Crippen molar-refractivity contribution in [1.82, 2.24) is 0 Å². The molecule has 0 aliphatic heterocycles. The second kappa shape index (κ2) is 4.66. The van der Waals surface area contributed by atoms with E-state index in [-0.39, 0.29) is 22.1 Å². The van der Waals surface area contributed by atoms with E-state index >= 15 is 0 Å². The number of nitrogens with two attached hydrogens (primary N) is 1. The molecular formula is C10H16N2O3S2. The van der Waals surface area contributed by atoms with Crippen LogP contribution in [0.4, 0.5) is 10.7 Å². The van der Waals surface area contributed by atoms with E-state index in [1.165, 1.54) is 6.92 Å². The SMILES string of the molecule is CCS(=O)(=O)c1c(N(C)C)sc(C(C)=O)c1N. The van der Waals surface area contributed by atoms with E-state index in [1.807, 2.05) is 0 Å². The molecule has 96 valence electrons. The largest absolute Gasteiger partial charge is 0.396 e. The topological polar surface area (TPSA) is 80.5 Å². The average Bonchev–Trinajstić information content (AvgIpc) is 2.56. The minimum atomic E-state index is -3.43. The number of carbonyl (C=O) groups is 1. The van der Waals surface area contributed by atoms with Crippen LogP contribution in [0.25, 0.3) is 0 Å². The highest BCUT2D eigenvalue weighted by atomic mass is 32.2. The molecule has 1 heterocycles. The van der Waals surface area contributed by atoms with Gasteiger partial charge < -0.3 is 10.6 Å². The van der Waals surface area contributed by atoms with Gasteiger partial charge in [-0.2, -0.15) is 0 Å². The molecule has 5 nitrogen and oxygen atoms in total. The van der Waals surface area contributed by atoms with Gasteiger partial charge in [-0.05, 0) is 0 Å². The summed E-state index contributed by atoms with van der Waals surface area (Å²) in [6.07, 6.45) is 0. The third-order valence-electron chi connectivity index (χ3n) is 2.30. The van der Waals surface area contributed by atoms with Crippen LogP contribution in [0.15, 0.2) is 4.90 Å². The number of hydrogen-bond donors (Lipinski definition) is 1. The van der Waals surface area contributed by atoms with Gasteiger partial charge in [0.2, 0.25) is 0 Å². The molecule has 17 heavy (non-hydrogen) atoms. The molecule has 0 saturated heterocycles. The molecule has 0 aliphatic carbocycles. The third kappa shape index (κ3) is 2.44. The predicted molar refractivity (Wildman–Crippen MR) is 70.8 cm³/mol. The van der Waals surface area contributed by atoms with E-state index in [4.69, 9.17) is 5.73 Å². The Morgan fingerprint density at radius 3 is 2.29 bits per heavy atom. The summed E-state index contributed by atoms with van der Waals surface area (Å²) in [6.45, 7) is 2.93. The van der Waals surface area contributed by atoms with Crippen LogP contribution in [0.2, 0.25) is 0 Å². The number of hydrogen-bond acceptors (Lipinski definition) is 6. The zero-order valence-electron chi connectivity index (χ0n) is 10.3. The van der Waals surface area contributed by atoms with Crippen LogP contribution in [0.3, 0.4) is 0 Å². The lowest BCUT2D eigenvalue weighted by atomic mass is 10.3. The van der Waals surface area contributed by atoms with Crippen molar-refractivity contribution in [3.63, 3.8) is 0 Å². The number of anilines is 2. The van der Waals surface area contributed by atoms with Crippen LogP contribution in [0.5, 0.6) is 0 Å². The lowest BCUT2D eigenvalue weighted by Gasteiger charge is -2.12. The molecule has 0 atom stereocenters. The first-order chi connectivity index (χ1) is 7.72. The van der Waals surface area contributed by atoms with Crippen molar-refractivity contribution in [2.45, 2.75) is 18.7 Å². The standard InChI is InChI=1S/C10H16N2O3S2/c1-5-17(14,15)9-7(11)8(6(2)13)16-10(9)12(3)4/h5,11H2,1-4H3. The maximum atomic E-state index is 12.0. The fourth-order valence-corrected chi connectivity index (χ4v) is 4.10. The normalized spacial score (nSPS) is 11.5. The molecule has 0 spiro atoms. The zero-order chi connectivity index (χ0) is 13.4. The minimum absolute atomic E-state index is 0.0356. The quantitative estimate of drug-likeness (QED) is 0.841. The summed E-state index contributed by atoms with van der Waals surface area (Å²) >= 11 is 1.12. The van der Waals surface area contributed by atoms with Crippen LogP contribution in [-0.2, 0) is 9.84 Å². The van der Waals surface area contributed by atoms with Gasteiger partial charge in [0.25, 0.3) is 0 Å². The van der Waals surface area contributed by atoms with Gasteiger partial charge in [-0.1, -0.05) is 6.92 Å². The fraction of sp³-hybridized carbons (Fsp3) is 0.500. The monoisotopic (exact) mass is 276 g/mol. The van der Waals surface area contributed by atoms with E-state index < -0.39 is 9.84 Å². The molecule has 2 N–H and O–H groups in total. The zero-order valence-corrected chi connectivity index (χ0v) is 11.9. The van der Waals surface area contributed by atoms with Gasteiger partial charge in [0, 0.05) is 21.0 Å². The van der Waals surface area contributed by atoms with E-state index in [1.54, 1.807) is 25.9 Å². The van der Waals surface area contributed by atoms with Crippen LogP contribution < -0.4 is 10.6 Å². The Kier molecular flexibility index (Phi) is 3.83. The van der Waals surface area contributed by atoms with Crippen molar-refractivity contribution in [1.29, 1.82) is 0 Å². The summed E-state index contributed by atoms with van der Waals surface area (Å²) in [7, 11) is 0.0264. The van der Waals surface area contributed by atoms with E-state index in [2.05, 4.69) is 0 Å². The first-order valence-electron chi connectivity index (χ1n) is 5.05. The van der Waals surface area contributed by atoms with Gasteiger partial charge in [0.05, 0.1) is 16.3 Å². The summed E-state index contributed by atoms with van der Waals surface area (Å²) in [6, 6.07) is 0. The van der Waals surface area contributed by atoms with Gasteiger partial charge in [-0.15, -0.1) is 11.3 Å². The van der Waals surface area contributed by atoms with Gasteiger partial charge in [0.1, 0.15) is 9.90 Å². The van der Waals surface area contributed by atoms with Gasteiger partial charge >= 0.3 is 0 Å². The van der Waals surface area contributed by atoms with Crippen molar-refractivity contribution in [2.75, 3.05) is 30.5 Å². The highest BCUT2D eigenvalue weighted by Crippen LogP contribution is 2.41. The van der Waals surface area contributed by atoms with Gasteiger partial charge in [-0.3, -0.25) is 4.79 Å². The third-order valence-corrected chi connectivity index (χ3v) is 5.70. The smallest absolute Gasteiger partial charge is 0.183 e. The molecule has 1 aromatic heterocycles. The predicted octanol–water partition coefficient (Wildman–Crippen LogP) is 1.39. The Labute approximate surface area is 105 Å². The first-order valence-corrected chi connectivity index (χ1v) is 7.52. The molecule has 0 aliphatic rings. The molecule has 7 heteroatoms. The number of sulfone groups is 1. The van der Waals surface area contributed by atoms with Crippen LogP contribution in [0, 0.1) is 0 Å². The molecule has 0 saturated carbocycles. The summed E-state index contributed by atoms with van der Waals surface area (Å²) in [4.78, 5) is 13.4. The van der Waals surface area contributed by atoms with Crippen molar-refractivity contribution in [2.24, 2.45) is 0 Å². The second-order valence-electron chi connectivity index (χ2n) is 3.83. The van der Waals surface area contributed by atoms with Crippen LogP contribution in [-0.4, -0.2) is 34.0 Å². The van der Waals surface area contributed by atoms with Crippen molar-refractivity contribution in [3.8, 4) is 0 Å². The van der Waals surface area contributed by atoms with Crippen LogP contribution in [0.1, 0.15) is 23.5 Å². The summed E-state index contributed by atoms with van der Waals surface area (Å²) in [5.74, 6) is -0.250. The van der Waals surface area contributed by atoms with E-state index in [0.717, 1.165) is 11.3 Å². The Hall–Kier alpha value is -1.08. The highest BCUT2D eigenvalue weighted by molar-refractivity contribution is 7.91. The Bertz CT molecular complexity index is 544. The number of nitrogen functional groups attached to an aromatic ring is 1. The second-order valence-corrected chi connectivity index (χ2v) is 7.05. The Morgan fingerprint density at radius 1 is 1.41 bits per heavy atom. The van der Waals surface area contributed by atoms with Crippen molar-refractivity contribution >= 4 is 37.6 Å². The van der Waals surface area contributed by atoms with Gasteiger partial charge in [-0.25, -0.2) is 8.42 Å². The number of rotatable bonds is 4. The van der Waals surface area contributed by atoms with Crippen molar-refractivity contribution < 1.29 is 13.2 Å². The molecule has 0 aromatic carbocycles. The maximum absolute atomic E-state index is 12.0. The fourth-order valence-electron chi connectivity index (χ4n) is 1.42.